The third kappa shape index (κ3) is 4.87. The van der Waals surface area contributed by atoms with Gasteiger partial charge in [-0.25, -0.2) is 4.98 Å². The lowest BCUT2D eigenvalue weighted by Crippen LogP contribution is -2.31. The summed E-state index contributed by atoms with van der Waals surface area (Å²) >= 11 is 5.61. The van der Waals surface area contributed by atoms with Crippen molar-refractivity contribution < 1.29 is 17.9 Å². The number of rotatable bonds is 5. The van der Waals surface area contributed by atoms with Gasteiger partial charge in [0, 0.05) is 7.11 Å². The van der Waals surface area contributed by atoms with Crippen molar-refractivity contribution in [3.63, 3.8) is 0 Å². The van der Waals surface area contributed by atoms with Crippen molar-refractivity contribution in [2.24, 2.45) is 5.92 Å². The van der Waals surface area contributed by atoms with Crippen LogP contribution in [0.3, 0.4) is 0 Å². The molecule has 0 aliphatic heterocycles. The van der Waals surface area contributed by atoms with Gasteiger partial charge in [-0.05, 0) is 18.1 Å². The fourth-order valence-electron chi connectivity index (χ4n) is 1.50. The molecular weight excluding hydrogens is 281 g/mol. The van der Waals surface area contributed by atoms with Crippen molar-refractivity contribution in [3.8, 4) is 0 Å². The Morgan fingerprint density at radius 3 is 2.47 bits per heavy atom. The lowest BCUT2D eigenvalue weighted by molar-refractivity contribution is -0.137. The van der Waals surface area contributed by atoms with Gasteiger partial charge in [-0.2, -0.15) is 13.2 Å². The van der Waals surface area contributed by atoms with Gasteiger partial charge >= 0.3 is 6.18 Å². The van der Waals surface area contributed by atoms with Crippen LogP contribution < -0.4 is 5.32 Å². The second-order valence-corrected chi connectivity index (χ2v) is 4.90. The highest BCUT2D eigenvalue weighted by atomic mass is 35.5. The van der Waals surface area contributed by atoms with Crippen LogP contribution in [0.5, 0.6) is 0 Å². The summed E-state index contributed by atoms with van der Waals surface area (Å²) in [5, 5.41) is 2.72. The lowest BCUT2D eigenvalue weighted by atomic mass is 10.1. The molecule has 0 radical (unpaired) electrons. The maximum absolute atomic E-state index is 12.7. The molecule has 0 aliphatic rings. The summed E-state index contributed by atoms with van der Waals surface area (Å²) in [4.78, 5) is 3.85. The van der Waals surface area contributed by atoms with Crippen LogP contribution in [-0.2, 0) is 10.9 Å². The van der Waals surface area contributed by atoms with Crippen LogP contribution in [0.1, 0.15) is 19.4 Å². The number of methoxy groups -OCH3 is 1. The predicted molar refractivity (Wildman–Crippen MR) is 68.4 cm³/mol. The number of hydrogen-bond acceptors (Lipinski definition) is 3. The van der Waals surface area contributed by atoms with Gasteiger partial charge in [0.25, 0.3) is 0 Å². The van der Waals surface area contributed by atoms with E-state index in [9.17, 15) is 13.2 Å². The molecule has 1 aromatic rings. The van der Waals surface area contributed by atoms with Gasteiger partial charge in [-0.15, -0.1) is 0 Å². The molecule has 1 atom stereocenters. The highest BCUT2D eigenvalue weighted by Gasteiger charge is 2.31. The van der Waals surface area contributed by atoms with Crippen molar-refractivity contribution in [1.82, 2.24) is 4.98 Å². The molecule has 0 saturated carbocycles. The molecule has 0 saturated heterocycles. The quantitative estimate of drug-likeness (QED) is 0.838. The normalized spacial score (nSPS) is 13.7. The summed E-state index contributed by atoms with van der Waals surface area (Å²) < 4.78 is 43.0. The minimum atomic E-state index is -4.45. The number of pyridine rings is 1. The fourth-order valence-corrected chi connectivity index (χ4v) is 1.71. The average molecular weight is 297 g/mol. The van der Waals surface area contributed by atoms with Crippen LogP contribution in [0.25, 0.3) is 0 Å². The summed E-state index contributed by atoms with van der Waals surface area (Å²) in [5.41, 5.74) is -0.824. The van der Waals surface area contributed by atoms with Gasteiger partial charge in [0.2, 0.25) is 0 Å². The smallest absolute Gasteiger partial charge is 0.383 e. The van der Waals surface area contributed by atoms with Crippen molar-refractivity contribution in [1.29, 1.82) is 0 Å². The van der Waals surface area contributed by atoms with E-state index in [2.05, 4.69) is 10.3 Å². The number of halogens is 4. The van der Waals surface area contributed by atoms with E-state index in [0.29, 0.717) is 6.61 Å². The summed E-state index contributed by atoms with van der Waals surface area (Å²) in [5.74, 6) is 0.269. The monoisotopic (exact) mass is 296 g/mol. The molecule has 1 N–H and O–H groups in total. The van der Waals surface area contributed by atoms with Crippen molar-refractivity contribution in [2.45, 2.75) is 26.1 Å². The summed E-state index contributed by atoms with van der Waals surface area (Å²) in [6.07, 6.45) is -4.45. The Labute approximate surface area is 115 Å². The zero-order chi connectivity index (χ0) is 14.6. The minimum absolute atomic E-state index is 0.0931. The molecule has 0 aromatic carbocycles. The SMILES string of the molecule is COCC(Nc1cc(C(F)(F)F)cc(Cl)n1)C(C)C. The van der Waals surface area contributed by atoms with Crippen molar-refractivity contribution in [2.75, 3.05) is 19.0 Å². The van der Waals surface area contributed by atoms with Gasteiger partial charge < -0.3 is 10.1 Å². The van der Waals surface area contributed by atoms with Crippen molar-refractivity contribution >= 4 is 17.4 Å². The number of hydrogen-bond donors (Lipinski definition) is 1. The van der Waals surface area contributed by atoms with Gasteiger partial charge in [0.15, 0.2) is 0 Å². The molecule has 1 heterocycles. The Bertz CT molecular complexity index is 424. The predicted octanol–water partition coefficient (Wildman–Crippen LogP) is 3.84. The third-order valence-corrected chi connectivity index (χ3v) is 2.80. The molecule has 7 heteroatoms. The molecule has 0 amide bonds. The number of anilines is 1. The Morgan fingerprint density at radius 1 is 1.37 bits per heavy atom. The molecule has 3 nitrogen and oxygen atoms in total. The molecule has 0 bridgehead atoms. The highest BCUT2D eigenvalue weighted by Crippen LogP contribution is 2.32. The largest absolute Gasteiger partial charge is 0.416 e. The van der Waals surface area contributed by atoms with E-state index in [1.807, 2.05) is 13.8 Å². The molecule has 108 valence electrons. The number of nitrogens with zero attached hydrogens (tertiary/aromatic N) is 1. The topological polar surface area (TPSA) is 34.1 Å². The van der Waals surface area contributed by atoms with Crippen LogP contribution >= 0.6 is 11.6 Å². The molecule has 0 aliphatic carbocycles. The molecule has 0 spiro atoms. The summed E-state index contributed by atoms with van der Waals surface area (Å²) in [7, 11) is 1.53. The lowest BCUT2D eigenvalue weighted by Gasteiger charge is -2.22. The average Bonchev–Trinajstić information content (AvgIpc) is 2.26. The second-order valence-electron chi connectivity index (χ2n) is 4.51. The first kappa shape index (κ1) is 16.0. The second kappa shape index (κ2) is 6.43. The first-order valence-corrected chi connectivity index (χ1v) is 6.12. The first-order chi connectivity index (χ1) is 8.74. The zero-order valence-corrected chi connectivity index (χ0v) is 11.6. The standard InChI is InChI=1S/C12H16ClF3N2O/c1-7(2)9(6-19-3)17-11-5-8(12(14,15)16)4-10(13)18-11/h4-5,7,9H,6H2,1-3H3,(H,17,18). The van der Waals surface area contributed by atoms with E-state index in [0.717, 1.165) is 12.1 Å². The fraction of sp³-hybridized carbons (Fsp3) is 0.583. The van der Waals surface area contributed by atoms with E-state index >= 15 is 0 Å². The van der Waals surface area contributed by atoms with E-state index in [-0.39, 0.29) is 22.9 Å². The molecule has 19 heavy (non-hydrogen) atoms. The zero-order valence-electron chi connectivity index (χ0n) is 10.9. The van der Waals surface area contributed by atoms with E-state index < -0.39 is 11.7 Å². The maximum atomic E-state index is 12.7. The molecule has 1 unspecified atom stereocenters. The molecule has 0 fully saturated rings. The summed E-state index contributed by atoms with van der Waals surface area (Å²) in [6, 6.07) is 1.60. The van der Waals surface area contributed by atoms with Gasteiger partial charge in [-0.1, -0.05) is 25.4 Å². The highest BCUT2D eigenvalue weighted by molar-refractivity contribution is 6.29. The molecular formula is C12H16ClF3N2O. The van der Waals surface area contributed by atoms with Crippen LogP contribution in [0.2, 0.25) is 5.15 Å². The molecule has 1 rings (SSSR count). The molecule has 1 aromatic heterocycles. The van der Waals surface area contributed by atoms with E-state index in [1.165, 1.54) is 7.11 Å². The van der Waals surface area contributed by atoms with Gasteiger partial charge in [0.1, 0.15) is 11.0 Å². The van der Waals surface area contributed by atoms with Crippen molar-refractivity contribution in [3.05, 3.63) is 22.8 Å². The van der Waals surface area contributed by atoms with Crippen LogP contribution in [-0.4, -0.2) is 24.7 Å². The Kier molecular flexibility index (Phi) is 5.43. The minimum Gasteiger partial charge on any atom is -0.383 e. The third-order valence-electron chi connectivity index (χ3n) is 2.61. The van der Waals surface area contributed by atoms with Gasteiger partial charge in [-0.3, -0.25) is 0 Å². The Hall–Kier alpha value is -1.01. The van der Waals surface area contributed by atoms with Crippen LogP contribution in [0.4, 0.5) is 19.0 Å². The Balaban J connectivity index is 2.97. The van der Waals surface area contributed by atoms with Crippen LogP contribution in [0.15, 0.2) is 12.1 Å². The van der Waals surface area contributed by atoms with Crippen LogP contribution in [0, 0.1) is 5.92 Å². The number of alkyl halides is 3. The van der Waals surface area contributed by atoms with E-state index in [1.54, 1.807) is 0 Å². The van der Waals surface area contributed by atoms with E-state index in [4.69, 9.17) is 16.3 Å². The number of nitrogens with one attached hydrogen (secondary N) is 1. The van der Waals surface area contributed by atoms with Gasteiger partial charge in [0.05, 0.1) is 18.2 Å². The maximum Gasteiger partial charge on any atom is 0.416 e. The summed E-state index contributed by atoms with van der Waals surface area (Å²) in [6.45, 7) is 4.24. The number of ether oxygens (including phenoxy) is 1. The Morgan fingerprint density at radius 2 is 2.00 bits per heavy atom. The number of aromatic nitrogens is 1. The first-order valence-electron chi connectivity index (χ1n) is 5.74.